The third-order valence-electron chi connectivity index (χ3n) is 11.4. The second kappa shape index (κ2) is 18.0. The highest BCUT2D eigenvalue weighted by molar-refractivity contribution is 6.00. The standard InChI is InChI=1S/C42H60N4O/c47-40(31-34-23-15-11-7-3-1-2-4-8-12-16-24-34)45-33-36-27-19-20-28-37(36)42-41(38-29-21-22-30-39(38)45)43-44-46(42)32-35-25-17-13-9-5-6-10-14-18-26-35/h19-22,27-30,34-35H,1-18,23-26,31-33H2. The van der Waals surface area contributed by atoms with Crippen LogP contribution < -0.4 is 4.90 Å². The van der Waals surface area contributed by atoms with E-state index in [1.807, 2.05) is 0 Å². The first-order valence-electron chi connectivity index (χ1n) is 19.7. The minimum atomic E-state index is 0.259. The Bertz CT molecular complexity index is 1370. The maximum Gasteiger partial charge on any atom is 0.227 e. The van der Waals surface area contributed by atoms with Crippen LogP contribution in [-0.2, 0) is 17.9 Å². The van der Waals surface area contributed by atoms with Crippen LogP contribution in [0.1, 0.15) is 153 Å². The Morgan fingerprint density at radius 3 is 1.68 bits per heavy atom. The normalized spacial score (nSPS) is 20.1. The third kappa shape index (κ3) is 9.36. The number of amides is 1. The Hall–Kier alpha value is -2.95. The molecule has 0 N–H and O–H groups in total. The predicted octanol–water partition coefficient (Wildman–Crippen LogP) is 11.7. The van der Waals surface area contributed by atoms with Crippen molar-refractivity contribution in [3.63, 3.8) is 0 Å². The van der Waals surface area contributed by atoms with Gasteiger partial charge in [-0.1, -0.05) is 163 Å². The molecule has 3 aromatic rings. The van der Waals surface area contributed by atoms with Crippen LogP contribution in [0.3, 0.4) is 0 Å². The molecule has 2 aromatic carbocycles. The molecule has 0 bridgehead atoms. The highest BCUT2D eigenvalue weighted by Crippen LogP contribution is 2.42. The molecule has 47 heavy (non-hydrogen) atoms. The molecular weight excluding hydrogens is 576 g/mol. The molecule has 2 fully saturated rings. The summed E-state index contributed by atoms with van der Waals surface area (Å²) in [7, 11) is 0. The van der Waals surface area contributed by atoms with Crippen molar-refractivity contribution in [3.05, 3.63) is 54.1 Å². The largest absolute Gasteiger partial charge is 0.307 e. The minimum Gasteiger partial charge on any atom is -0.307 e. The summed E-state index contributed by atoms with van der Waals surface area (Å²) in [5.74, 6) is 1.35. The SMILES string of the molecule is O=C(CC1CCCCCCCCCCCC1)N1Cc2ccccc2-c2c(nnn2CC2CCCCCCCCCC2)-c2ccccc21. The average Bonchev–Trinajstić information content (AvgIpc) is 3.47. The zero-order chi connectivity index (χ0) is 32.1. The molecule has 2 aliphatic carbocycles. The van der Waals surface area contributed by atoms with Crippen molar-refractivity contribution in [1.29, 1.82) is 0 Å². The number of hydrogen-bond donors (Lipinski definition) is 0. The molecule has 1 amide bonds. The number of para-hydroxylation sites is 1. The molecule has 0 radical (unpaired) electrons. The number of carbonyl (C=O) groups excluding carboxylic acids is 1. The van der Waals surface area contributed by atoms with E-state index in [9.17, 15) is 4.79 Å². The van der Waals surface area contributed by atoms with E-state index >= 15 is 0 Å². The summed E-state index contributed by atoms with van der Waals surface area (Å²) < 4.78 is 2.22. The molecule has 0 atom stereocenters. The second-order valence-corrected chi connectivity index (χ2v) is 15.1. The molecule has 0 saturated heterocycles. The summed E-state index contributed by atoms with van der Waals surface area (Å²) in [5.41, 5.74) is 6.44. The monoisotopic (exact) mass is 636 g/mol. The van der Waals surface area contributed by atoms with Crippen LogP contribution in [0.15, 0.2) is 48.5 Å². The van der Waals surface area contributed by atoms with Crippen LogP contribution in [0, 0.1) is 11.8 Å². The molecule has 1 aliphatic heterocycles. The van der Waals surface area contributed by atoms with E-state index in [1.54, 1.807) is 0 Å². The highest BCUT2D eigenvalue weighted by Gasteiger charge is 2.30. The molecule has 2 saturated carbocycles. The lowest BCUT2D eigenvalue weighted by Crippen LogP contribution is -2.33. The average molecular weight is 637 g/mol. The van der Waals surface area contributed by atoms with Gasteiger partial charge >= 0.3 is 0 Å². The number of fused-ring (bicyclic) bond motifs is 5. The molecule has 254 valence electrons. The van der Waals surface area contributed by atoms with Crippen LogP contribution in [-0.4, -0.2) is 20.9 Å². The molecule has 3 aliphatic rings. The van der Waals surface area contributed by atoms with Crippen LogP contribution in [0.2, 0.25) is 0 Å². The summed E-state index contributed by atoms with van der Waals surface area (Å²) in [4.78, 5) is 16.5. The predicted molar refractivity (Wildman–Crippen MR) is 195 cm³/mol. The highest BCUT2D eigenvalue weighted by atomic mass is 16.2. The van der Waals surface area contributed by atoms with E-state index in [2.05, 4.69) is 58.1 Å². The quantitative estimate of drug-likeness (QED) is 0.286. The van der Waals surface area contributed by atoms with E-state index in [1.165, 1.54) is 152 Å². The van der Waals surface area contributed by atoms with Gasteiger partial charge in [-0.3, -0.25) is 4.79 Å². The Balaban J connectivity index is 1.27. The molecule has 0 unspecified atom stereocenters. The third-order valence-corrected chi connectivity index (χ3v) is 11.4. The van der Waals surface area contributed by atoms with Gasteiger partial charge < -0.3 is 4.90 Å². The molecule has 1 aromatic heterocycles. The smallest absolute Gasteiger partial charge is 0.227 e. The summed E-state index contributed by atoms with van der Waals surface area (Å²) in [6, 6.07) is 17.2. The summed E-state index contributed by atoms with van der Waals surface area (Å²) >= 11 is 0. The van der Waals surface area contributed by atoms with E-state index < -0.39 is 0 Å². The van der Waals surface area contributed by atoms with Gasteiger partial charge in [0.05, 0.1) is 17.9 Å². The fourth-order valence-electron chi connectivity index (χ4n) is 8.65. The van der Waals surface area contributed by atoms with Gasteiger partial charge in [0, 0.05) is 24.1 Å². The summed E-state index contributed by atoms with van der Waals surface area (Å²) in [6.45, 7) is 1.51. The van der Waals surface area contributed by atoms with Gasteiger partial charge in [0.25, 0.3) is 0 Å². The van der Waals surface area contributed by atoms with Crippen molar-refractivity contribution in [2.24, 2.45) is 11.8 Å². The number of nitrogens with zero attached hydrogens (tertiary/aromatic N) is 4. The van der Waals surface area contributed by atoms with Gasteiger partial charge in [-0.05, 0) is 49.1 Å². The molecule has 5 heteroatoms. The fraction of sp³-hybridized carbons (Fsp3) is 0.643. The zero-order valence-corrected chi connectivity index (χ0v) is 29.1. The van der Waals surface area contributed by atoms with Crippen molar-refractivity contribution in [3.8, 4) is 22.5 Å². The lowest BCUT2D eigenvalue weighted by molar-refractivity contribution is -0.119. The van der Waals surface area contributed by atoms with Crippen LogP contribution in [0.25, 0.3) is 22.5 Å². The Morgan fingerprint density at radius 2 is 1.09 bits per heavy atom. The molecule has 6 rings (SSSR count). The van der Waals surface area contributed by atoms with Crippen LogP contribution in [0.5, 0.6) is 0 Å². The van der Waals surface area contributed by atoms with Crippen molar-refractivity contribution >= 4 is 11.6 Å². The van der Waals surface area contributed by atoms with Crippen molar-refractivity contribution in [1.82, 2.24) is 15.0 Å². The number of aromatic nitrogens is 3. The van der Waals surface area contributed by atoms with Gasteiger partial charge in [-0.25, -0.2) is 4.68 Å². The number of anilines is 1. The summed E-state index contributed by atoms with van der Waals surface area (Å²) in [5, 5.41) is 9.78. The van der Waals surface area contributed by atoms with Gasteiger partial charge in [0.2, 0.25) is 5.91 Å². The van der Waals surface area contributed by atoms with Gasteiger partial charge in [-0.15, -0.1) is 5.10 Å². The maximum atomic E-state index is 14.4. The molecule has 2 heterocycles. The molecule has 5 nitrogen and oxygen atoms in total. The zero-order valence-electron chi connectivity index (χ0n) is 29.1. The molecule has 0 spiro atoms. The number of hydrogen-bond acceptors (Lipinski definition) is 3. The maximum absolute atomic E-state index is 14.4. The number of carbonyl (C=O) groups is 1. The second-order valence-electron chi connectivity index (χ2n) is 15.1. The van der Waals surface area contributed by atoms with E-state index in [0.29, 0.717) is 24.8 Å². The van der Waals surface area contributed by atoms with Crippen molar-refractivity contribution in [2.75, 3.05) is 4.90 Å². The number of rotatable bonds is 4. The lowest BCUT2D eigenvalue weighted by Gasteiger charge is -2.30. The van der Waals surface area contributed by atoms with Gasteiger partial charge in [0.1, 0.15) is 5.69 Å². The summed E-state index contributed by atoms with van der Waals surface area (Å²) in [6.07, 6.45) is 29.8. The van der Waals surface area contributed by atoms with Gasteiger partial charge in [-0.2, -0.15) is 0 Å². The van der Waals surface area contributed by atoms with Gasteiger partial charge in [0.15, 0.2) is 0 Å². The fourth-order valence-corrected chi connectivity index (χ4v) is 8.65. The Labute approximate surface area is 284 Å². The van der Waals surface area contributed by atoms with Crippen LogP contribution >= 0.6 is 0 Å². The Kier molecular flexibility index (Phi) is 13.0. The first-order valence-corrected chi connectivity index (χ1v) is 19.7. The van der Waals surface area contributed by atoms with Crippen molar-refractivity contribution < 1.29 is 4.79 Å². The van der Waals surface area contributed by atoms with E-state index in [-0.39, 0.29) is 5.91 Å². The first-order chi connectivity index (χ1) is 23.3. The minimum absolute atomic E-state index is 0.259. The van der Waals surface area contributed by atoms with E-state index in [0.717, 1.165) is 29.2 Å². The Morgan fingerprint density at radius 1 is 0.596 bits per heavy atom. The van der Waals surface area contributed by atoms with Crippen LogP contribution in [0.4, 0.5) is 5.69 Å². The number of benzene rings is 2. The van der Waals surface area contributed by atoms with E-state index in [4.69, 9.17) is 10.3 Å². The van der Waals surface area contributed by atoms with Crippen molar-refractivity contribution in [2.45, 2.75) is 161 Å². The molecular formula is C42H60N4O. The lowest BCUT2D eigenvalue weighted by atomic mass is 9.90. The topological polar surface area (TPSA) is 51.0 Å². The first kappa shape index (κ1) is 33.9.